The molecule has 2 aliphatic carbocycles. The first-order chi connectivity index (χ1) is 11.7. The molecule has 2 bridgehead atoms. The minimum absolute atomic E-state index is 0.109. The summed E-state index contributed by atoms with van der Waals surface area (Å²) in [6.45, 7) is -0.381. The van der Waals surface area contributed by atoms with Crippen molar-refractivity contribution in [3.63, 3.8) is 0 Å². The molecular formula is C16H21N3O5S. The zero-order valence-corrected chi connectivity index (χ0v) is 14.7. The Morgan fingerprint density at radius 1 is 1.36 bits per heavy atom. The van der Waals surface area contributed by atoms with Gasteiger partial charge in [-0.15, -0.1) is 0 Å². The van der Waals surface area contributed by atoms with E-state index in [-0.39, 0.29) is 29.9 Å². The first-order valence-electron chi connectivity index (χ1n) is 8.25. The Morgan fingerprint density at radius 2 is 2.12 bits per heavy atom. The van der Waals surface area contributed by atoms with Gasteiger partial charge >= 0.3 is 0 Å². The normalized spacial score (nSPS) is 24.9. The smallest absolute Gasteiger partial charge is 0.271 e. The van der Waals surface area contributed by atoms with Gasteiger partial charge in [-0.05, 0) is 37.2 Å². The van der Waals surface area contributed by atoms with Crippen LogP contribution in [0.15, 0.2) is 24.3 Å². The second kappa shape index (κ2) is 6.62. The lowest BCUT2D eigenvalue weighted by atomic mass is 9.95. The summed E-state index contributed by atoms with van der Waals surface area (Å²) in [7, 11) is -3.75. The number of amides is 1. The Labute approximate surface area is 146 Å². The number of benzene rings is 1. The average Bonchev–Trinajstić information content (AvgIpc) is 3.14. The lowest BCUT2D eigenvalue weighted by Gasteiger charge is -2.26. The number of nitrogens with one attached hydrogen (secondary N) is 1. The number of nitrogens with zero attached hydrogens (tertiary/aromatic N) is 2. The molecule has 2 saturated carbocycles. The van der Waals surface area contributed by atoms with Crippen LogP contribution < -0.4 is 9.62 Å². The van der Waals surface area contributed by atoms with Crippen LogP contribution in [0.2, 0.25) is 0 Å². The summed E-state index contributed by atoms with van der Waals surface area (Å²) in [5.74, 6) is 0.769. The first kappa shape index (κ1) is 17.7. The molecule has 136 valence electrons. The number of carbonyl (C=O) groups is 1. The van der Waals surface area contributed by atoms with E-state index in [9.17, 15) is 23.3 Å². The van der Waals surface area contributed by atoms with E-state index < -0.39 is 14.9 Å². The maximum atomic E-state index is 12.4. The quantitative estimate of drug-likeness (QED) is 0.607. The number of fused-ring (bicyclic) bond motifs is 2. The molecule has 1 aromatic carbocycles. The molecule has 0 spiro atoms. The molecule has 1 aromatic rings. The molecule has 2 aliphatic rings. The number of carbonyl (C=O) groups excluding carboxylic acids is 1. The van der Waals surface area contributed by atoms with Gasteiger partial charge < -0.3 is 5.32 Å². The van der Waals surface area contributed by atoms with Crippen LogP contribution in [0.4, 0.5) is 11.4 Å². The Bertz CT molecular complexity index is 795. The van der Waals surface area contributed by atoms with Gasteiger partial charge in [0.2, 0.25) is 15.9 Å². The van der Waals surface area contributed by atoms with Crippen molar-refractivity contribution < 1.29 is 18.1 Å². The third-order valence-electron chi connectivity index (χ3n) is 5.10. The van der Waals surface area contributed by atoms with Crippen LogP contribution in [0.3, 0.4) is 0 Å². The van der Waals surface area contributed by atoms with Crippen molar-refractivity contribution in [3.8, 4) is 0 Å². The van der Waals surface area contributed by atoms with Crippen molar-refractivity contribution in [1.29, 1.82) is 0 Å². The zero-order valence-electron chi connectivity index (χ0n) is 13.9. The number of sulfonamides is 1. The predicted octanol–water partition coefficient (Wildman–Crippen LogP) is 1.67. The molecule has 25 heavy (non-hydrogen) atoms. The number of hydrogen-bond acceptors (Lipinski definition) is 5. The molecule has 0 saturated heterocycles. The molecule has 3 rings (SSSR count). The highest BCUT2D eigenvalue weighted by Gasteiger charge is 2.40. The van der Waals surface area contributed by atoms with Crippen LogP contribution in [-0.2, 0) is 14.8 Å². The summed E-state index contributed by atoms with van der Waals surface area (Å²) < 4.78 is 25.1. The molecule has 9 heteroatoms. The molecule has 0 aliphatic heterocycles. The number of anilines is 1. The van der Waals surface area contributed by atoms with Crippen LogP contribution in [0, 0.1) is 22.0 Å². The van der Waals surface area contributed by atoms with E-state index in [1.807, 2.05) is 0 Å². The van der Waals surface area contributed by atoms with E-state index in [1.54, 1.807) is 0 Å². The van der Waals surface area contributed by atoms with Crippen molar-refractivity contribution in [1.82, 2.24) is 5.32 Å². The molecule has 0 unspecified atom stereocenters. The minimum atomic E-state index is -3.75. The molecular weight excluding hydrogens is 346 g/mol. The van der Waals surface area contributed by atoms with Gasteiger partial charge in [-0.3, -0.25) is 19.2 Å². The molecule has 0 radical (unpaired) electrons. The summed E-state index contributed by atoms with van der Waals surface area (Å²) in [6.07, 6.45) is 5.38. The molecule has 1 amide bonds. The van der Waals surface area contributed by atoms with Gasteiger partial charge in [0.05, 0.1) is 16.9 Å². The topological polar surface area (TPSA) is 110 Å². The fraction of sp³-hybridized carbons (Fsp3) is 0.562. The standard InChI is InChI=1S/C16H21N3O5S/c1-25(23,24)18(13-3-2-4-14(9-13)19(21)22)10-16(20)17-15-8-11-5-6-12(15)7-11/h2-4,9,11-12,15H,5-8,10H2,1H3,(H,17,20)/t11-,12-,15-/m1/s1. The van der Waals surface area contributed by atoms with Gasteiger partial charge in [0, 0.05) is 18.2 Å². The third kappa shape index (κ3) is 3.92. The van der Waals surface area contributed by atoms with E-state index in [0.29, 0.717) is 11.8 Å². The van der Waals surface area contributed by atoms with E-state index >= 15 is 0 Å². The number of hydrogen-bond donors (Lipinski definition) is 1. The van der Waals surface area contributed by atoms with Crippen LogP contribution in [0.25, 0.3) is 0 Å². The number of non-ortho nitro benzene ring substituents is 1. The Kier molecular flexibility index (Phi) is 4.68. The first-order valence-corrected chi connectivity index (χ1v) is 10.1. The maximum absolute atomic E-state index is 12.4. The van der Waals surface area contributed by atoms with Crippen LogP contribution >= 0.6 is 0 Å². The predicted molar refractivity (Wildman–Crippen MR) is 92.7 cm³/mol. The molecule has 1 N–H and O–H groups in total. The van der Waals surface area contributed by atoms with E-state index in [0.717, 1.165) is 35.9 Å². The molecule has 2 fully saturated rings. The van der Waals surface area contributed by atoms with Crippen LogP contribution in [0.5, 0.6) is 0 Å². The van der Waals surface area contributed by atoms with E-state index in [1.165, 1.54) is 24.6 Å². The van der Waals surface area contributed by atoms with Gasteiger partial charge in [-0.1, -0.05) is 12.5 Å². The number of nitro groups is 1. The van der Waals surface area contributed by atoms with Crippen molar-refractivity contribution in [2.45, 2.75) is 31.7 Å². The summed E-state index contributed by atoms with van der Waals surface area (Å²) in [4.78, 5) is 22.7. The summed E-state index contributed by atoms with van der Waals surface area (Å²) in [5, 5.41) is 13.9. The monoisotopic (exact) mass is 367 g/mol. The molecule has 0 heterocycles. The van der Waals surface area contributed by atoms with E-state index in [4.69, 9.17) is 0 Å². The number of rotatable bonds is 6. The highest BCUT2D eigenvalue weighted by molar-refractivity contribution is 7.92. The van der Waals surface area contributed by atoms with Gasteiger partial charge in [-0.25, -0.2) is 8.42 Å². The van der Waals surface area contributed by atoms with Gasteiger partial charge in [0.15, 0.2) is 0 Å². The Morgan fingerprint density at radius 3 is 2.68 bits per heavy atom. The minimum Gasteiger partial charge on any atom is -0.352 e. The Balaban J connectivity index is 1.74. The van der Waals surface area contributed by atoms with Gasteiger partial charge in [0.25, 0.3) is 5.69 Å². The fourth-order valence-electron chi connectivity index (χ4n) is 3.97. The highest BCUT2D eigenvalue weighted by atomic mass is 32.2. The van der Waals surface area contributed by atoms with Crippen molar-refractivity contribution in [2.75, 3.05) is 17.1 Å². The third-order valence-corrected chi connectivity index (χ3v) is 6.24. The SMILES string of the molecule is CS(=O)(=O)N(CC(=O)N[C@@H]1C[C@@H]2CC[C@@H]1C2)c1cccc([N+](=O)[O-])c1. The zero-order chi connectivity index (χ0) is 18.2. The summed E-state index contributed by atoms with van der Waals surface area (Å²) >= 11 is 0. The highest BCUT2D eigenvalue weighted by Crippen LogP contribution is 2.44. The largest absolute Gasteiger partial charge is 0.352 e. The van der Waals surface area contributed by atoms with Crippen molar-refractivity contribution in [3.05, 3.63) is 34.4 Å². The average molecular weight is 367 g/mol. The molecule has 3 atom stereocenters. The van der Waals surface area contributed by atoms with Gasteiger partial charge in [0.1, 0.15) is 6.54 Å². The van der Waals surface area contributed by atoms with E-state index in [2.05, 4.69) is 5.32 Å². The summed E-state index contributed by atoms with van der Waals surface area (Å²) in [6, 6.07) is 5.39. The Hall–Kier alpha value is -2.16. The maximum Gasteiger partial charge on any atom is 0.271 e. The summed E-state index contributed by atoms with van der Waals surface area (Å²) in [5.41, 5.74) is -0.112. The number of nitro benzene ring substituents is 1. The second-order valence-corrected chi connectivity index (χ2v) is 8.80. The second-order valence-electron chi connectivity index (χ2n) is 6.90. The van der Waals surface area contributed by atoms with Crippen molar-refractivity contribution >= 4 is 27.3 Å². The molecule has 0 aromatic heterocycles. The van der Waals surface area contributed by atoms with Gasteiger partial charge in [-0.2, -0.15) is 0 Å². The molecule has 8 nitrogen and oxygen atoms in total. The fourth-order valence-corrected chi connectivity index (χ4v) is 4.81. The van der Waals surface area contributed by atoms with Crippen LogP contribution in [0.1, 0.15) is 25.7 Å². The van der Waals surface area contributed by atoms with Crippen LogP contribution in [-0.4, -0.2) is 38.1 Å². The van der Waals surface area contributed by atoms with Crippen molar-refractivity contribution in [2.24, 2.45) is 11.8 Å². The lowest BCUT2D eigenvalue weighted by molar-refractivity contribution is -0.384. The lowest BCUT2D eigenvalue weighted by Crippen LogP contribution is -2.45.